The topological polar surface area (TPSA) is 39.7 Å². The summed E-state index contributed by atoms with van der Waals surface area (Å²) in [5.74, 6) is 0.594. The molecule has 1 fully saturated rings. The summed E-state index contributed by atoms with van der Waals surface area (Å²) < 4.78 is 16.2. The highest BCUT2D eigenvalue weighted by Crippen LogP contribution is 2.20. The van der Waals surface area contributed by atoms with Crippen LogP contribution in [-0.2, 0) is 14.2 Å². The van der Waals surface area contributed by atoms with Crippen LogP contribution in [0.15, 0.2) is 0 Å². The fourth-order valence-electron chi connectivity index (χ4n) is 2.17. The van der Waals surface area contributed by atoms with E-state index in [1.54, 1.807) is 14.2 Å². The summed E-state index contributed by atoms with van der Waals surface area (Å²) in [6, 6.07) is 0.547. The highest BCUT2D eigenvalue weighted by molar-refractivity contribution is 4.79. The average molecular weight is 245 g/mol. The molecular weight excluding hydrogens is 218 g/mol. The van der Waals surface area contributed by atoms with Crippen molar-refractivity contribution in [3.63, 3.8) is 0 Å². The van der Waals surface area contributed by atoms with Gasteiger partial charge in [-0.3, -0.25) is 0 Å². The van der Waals surface area contributed by atoms with E-state index in [4.69, 9.17) is 14.2 Å². The molecule has 4 nitrogen and oxygen atoms in total. The number of rotatable bonds is 7. The summed E-state index contributed by atoms with van der Waals surface area (Å²) in [5.41, 5.74) is 0. The average Bonchev–Trinajstić information content (AvgIpc) is 2.34. The van der Waals surface area contributed by atoms with Crippen molar-refractivity contribution in [2.24, 2.45) is 5.92 Å². The Labute approximate surface area is 105 Å². The molecule has 0 spiro atoms. The zero-order valence-corrected chi connectivity index (χ0v) is 11.6. The Bertz CT molecular complexity index is 199. The number of methoxy groups -OCH3 is 2. The molecule has 0 amide bonds. The molecule has 3 unspecified atom stereocenters. The second-order valence-electron chi connectivity index (χ2n) is 5.10. The van der Waals surface area contributed by atoms with Crippen molar-refractivity contribution in [1.82, 2.24) is 5.32 Å². The first-order chi connectivity index (χ1) is 8.17. The number of nitrogens with one attached hydrogen (secondary N) is 1. The maximum atomic E-state index is 5.75. The highest BCUT2D eigenvalue weighted by Gasteiger charge is 2.25. The monoisotopic (exact) mass is 245 g/mol. The molecule has 4 heteroatoms. The van der Waals surface area contributed by atoms with E-state index in [0.717, 1.165) is 26.0 Å². The van der Waals surface area contributed by atoms with E-state index in [2.05, 4.69) is 19.2 Å². The van der Waals surface area contributed by atoms with E-state index in [9.17, 15) is 0 Å². The minimum atomic E-state index is 0.139. The van der Waals surface area contributed by atoms with Gasteiger partial charge in [-0.25, -0.2) is 0 Å². The van der Waals surface area contributed by atoms with Gasteiger partial charge < -0.3 is 19.5 Å². The predicted octanol–water partition coefficient (Wildman–Crippen LogP) is 1.44. The molecule has 1 saturated heterocycles. The molecule has 0 aliphatic carbocycles. The van der Waals surface area contributed by atoms with Crippen molar-refractivity contribution in [2.45, 2.75) is 44.9 Å². The minimum Gasteiger partial charge on any atom is -0.382 e. The van der Waals surface area contributed by atoms with Gasteiger partial charge in [0.25, 0.3) is 0 Å². The molecule has 1 rings (SSSR count). The highest BCUT2D eigenvalue weighted by atomic mass is 16.5. The van der Waals surface area contributed by atoms with Crippen molar-refractivity contribution >= 4 is 0 Å². The molecule has 0 saturated carbocycles. The molecule has 1 N–H and O–H groups in total. The lowest BCUT2D eigenvalue weighted by Gasteiger charge is -2.33. The zero-order valence-electron chi connectivity index (χ0n) is 11.6. The van der Waals surface area contributed by atoms with Crippen LogP contribution < -0.4 is 5.32 Å². The van der Waals surface area contributed by atoms with Crippen LogP contribution in [0.4, 0.5) is 0 Å². The second kappa shape index (κ2) is 8.03. The smallest absolute Gasteiger partial charge is 0.0928 e. The molecule has 102 valence electrons. The normalized spacial score (nSPS) is 27.4. The predicted molar refractivity (Wildman–Crippen MR) is 68.3 cm³/mol. The molecular formula is C13H27NO3. The first-order valence-electron chi connectivity index (χ1n) is 6.54. The fourth-order valence-corrected chi connectivity index (χ4v) is 2.17. The SMILES string of the molecule is COCC(CNC1CCOC(C(C)C)C1)OC. The standard InChI is InChI=1S/C13H27NO3/c1-10(2)13-7-11(5-6-17-13)14-8-12(16-4)9-15-3/h10-14H,5-9H2,1-4H3. The molecule has 17 heavy (non-hydrogen) atoms. The Hall–Kier alpha value is -0.160. The van der Waals surface area contributed by atoms with Gasteiger partial charge in [-0.1, -0.05) is 13.8 Å². The summed E-state index contributed by atoms with van der Waals surface area (Å²) in [6.45, 7) is 6.79. The third-order valence-electron chi connectivity index (χ3n) is 3.38. The maximum absolute atomic E-state index is 5.75. The van der Waals surface area contributed by atoms with E-state index < -0.39 is 0 Å². The van der Waals surface area contributed by atoms with Crippen molar-refractivity contribution < 1.29 is 14.2 Å². The number of ether oxygens (including phenoxy) is 3. The Kier molecular flexibility index (Phi) is 7.04. The van der Waals surface area contributed by atoms with Gasteiger partial charge in [0.1, 0.15) is 0 Å². The van der Waals surface area contributed by atoms with Gasteiger partial charge in [-0.05, 0) is 18.8 Å². The summed E-state index contributed by atoms with van der Waals surface area (Å²) in [7, 11) is 3.43. The van der Waals surface area contributed by atoms with E-state index in [1.165, 1.54) is 0 Å². The van der Waals surface area contributed by atoms with Crippen LogP contribution in [0.3, 0.4) is 0 Å². The second-order valence-corrected chi connectivity index (χ2v) is 5.10. The van der Waals surface area contributed by atoms with E-state index in [0.29, 0.717) is 24.7 Å². The van der Waals surface area contributed by atoms with Gasteiger partial charge >= 0.3 is 0 Å². The Morgan fingerprint density at radius 1 is 1.35 bits per heavy atom. The first-order valence-corrected chi connectivity index (χ1v) is 6.54. The van der Waals surface area contributed by atoms with Crippen molar-refractivity contribution in [3.05, 3.63) is 0 Å². The van der Waals surface area contributed by atoms with E-state index in [-0.39, 0.29) is 6.10 Å². The van der Waals surface area contributed by atoms with Crippen LogP contribution in [0.1, 0.15) is 26.7 Å². The molecule has 0 bridgehead atoms. The summed E-state index contributed by atoms with van der Waals surface area (Å²) in [6.07, 6.45) is 2.72. The first kappa shape index (κ1) is 14.9. The van der Waals surface area contributed by atoms with Crippen LogP contribution in [-0.4, -0.2) is 52.2 Å². The van der Waals surface area contributed by atoms with Crippen molar-refractivity contribution in [3.8, 4) is 0 Å². The third kappa shape index (κ3) is 5.34. The number of hydrogen-bond donors (Lipinski definition) is 1. The molecule has 0 aromatic rings. The summed E-state index contributed by atoms with van der Waals surface area (Å²) in [4.78, 5) is 0. The van der Waals surface area contributed by atoms with E-state index in [1.807, 2.05) is 0 Å². The fraction of sp³-hybridized carbons (Fsp3) is 1.00. The van der Waals surface area contributed by atoms with Crippen LogP contribution in [0, 0.1) is 5.92 Å². The van der Waals surface area contributed by atoms with Gasteiger partial charge in [0.05, 0.1) is 18.8 Å². The summed E-state index contributed by atoms with van der Waals surface area (Å²) in [5, 5.41) is 3.56. The molecule has 0 aromatic heterocycles. The molecule has 0 radical (unpaired) electrons. The third-order valence-corrected chi connectivity index (χ3v) is 3.38. The molecule has 3 atom stereocenters. The molecule has 1 aliphatic heterocycles. The van der Waals surface area contributed by atoms with Gasteiger partial charge in [0.15, 0.2) is 0 Å². The van der Waals surface area contributed by atoms with Crippen LogP contribution in [0.25, 0.3) is 0 Å². The molecule has 0 aromatic carbocycles. The molecule has 1 aliphatic rings. The lowest BCUT2D eigenvalue weighted by molar-refractivity contribution is -0.0288. The van der Waals surface area contributed by atoms with Gasteiger partial charge in [-0.15, -0.1) is 0 Å². The van der Waals surface area contributed by atoms with Gasteiger partial charge in [0.2, 0.25) is 0 Å². The van der Waals surface area contributed by atoms with Crippen LogP contribution in [0.2, 0.25) is 0 Å². The van der Waals surface area contributed by atoms with Crippen LogP contribution in [0.5, 0.6) is 0 Å². The Morgan fingerprint density at radius 2 is 2.12 bits per heavy atom. The zero-order chi connectivity index (χ0) is 12.7. The lowest BCUT2D eigenvalue weighted by Crippen LogP contribution is -2.44. The summed E-state index contributed by atoms with van der Waals surface area (Å²) >= 11 is 0. The van der Waals surface area contributed by atoms with E-state index >= 15 is 0 Å². The number of hydrogen-bond acceptors (Lipinski definition) is 4. The molecule has 1 heterocycles. The minimum absolute atomic E-state index is 0.139. The Morgan fingerprint density at radius 3 is 2.71 bits per heavy atom. The van der Waals surface area contributed by atoms with Gasteiger partial charge in [0, 0.05) is 33.4 Å². The lowest BCUT2D eigenvalue weighted by atomic mass is 9.95. The van der Waals surface area contributed by atoms with Gasteiger partial charge in [-0.2, -0.15) is 0 Å². The maximum Gasteiger partial charge on any atom is 0.0928 e. The Balaban J connectivity index is 2.26. The van der Waals surface area contributed by atoms with Crippen molar-refractivity contribution in [2.75, 3.05) is 34.0 Å². The largest absolute Gasteiger partial charge is 0.382 e. The quantitative estimate of drug-likeness (QED) is 0.737. The van der Waals surface area contributed by atoms with Crippen molar-refractivity contribution in [1.29, 1.82) is 0 Å². The van der Waals surface area contributed by atoms with Crippen LogP contribution >= 0.6 is 0 Å².